The molecule has 0 radical (unpaired) electrons. The van der Waals surface area contributed by atoms with Gasteiger partial charge in [-0.05, 0) is 49.4 Å². The fourth-order valence-corrected chi connectivity index (χ4v) is 3.35. The molecular weight excluding hydrogens is 364 g/mol. The van der Waals surface area contributed by atoms with E-state index in [-0.39, 0.29) is 0 Å². The standard InChI is InChI=1S/C19H29BrN4/c1-4-5-6-12-23(3)19(21-2)22-14-16-11-13-24(15-16)18-9-7-17(20)8-10-18/h4,7-10,16H,1,5-6,11-15H2,2-3H3,(H,21,22). The van der Waals surface area contributed by atoms with Gasteiger partial charge in [0.25, 0.3) is 0 Å². The van der Waals surface area contributed by atoms with E-state index in [2.05, 4.69) is 73.9 Å². The molecule has 4 nitrogen and oxygen atoms in total. The highest BCUT2D eigenvalue weighted by atomic mass is 79.9. The lowest BCUT2D eigenvalue weighted by molar-refractivity contribution is 0.458. The molecule has 1 aromatic rings. The van der Waals surface area contributed by atoms with Crippen LogP contribution < -0.4 is 10.2 Å². The first kappa shape index (κ1) is 18.8. The fourth-order valence-electron chi connectivity index (χ4n) is 3.08. The van der Waals surface area contributed by atoms with Gasteiger partial charge in [-0.1, -0.05) is 22.0 Å². The van der Waals surface area contributed by atoms with E-state index in [1.165, 1.54) is 12.1 Å². The average Bonchev–Trinajstić information content (AvgIpc) is 3.05. The molecule has 1 N–H and O–H groups in total. The number of guanidine groups is 1. The molecule has 5 heteroatoms. The van der Waals surface area contributed by atoms with Crippen molar-refractivity contribution in [2.45, 2.75) is 19.3 Å². The smallest absolute Gasteiger partial charge is 0.193 e. The minimum atomic E-state index is 0.659. The second-order valence-corrected chi connectivity index (χ2v) is 7.27. The number of hydrogen-bond donors (Lipinski definition) is 1. The molecular formula is C19H29BrN4. The van der Waals surface area contributed by atoms with Gasteiger partial charge in [0.05, 0.1) is 0 Å². The molecule has 1 unspecified atom stereocenters. The number of nitrogens with zero attached hydrogens (tertiary/aromatic N) is 3. The molecule has 1 atom stereocenters. The van der Waals surface area contributed by atoms with Crippen molar-refractivity contribution >= 4 is 27.6 Å². The Morgan fingerprint density at radius 3 is 2.88 bits per heavy atom. The number of allylic oxidation sites excluding steroid dienone is 1. The summed E-state index contributed by atoms with van der Waals surface area (Å²) in [4.78, 5) is 9.07. The quantitative estimate of drug-likeness (QED) is 0.331. The predicted octanol–water partition coefficient (Wildman–Crippen LogP) is 3.75. The summed E-state index contributed by atoms with van der Waals surface area (Å²) in [5, 5.41) is 3.54. The van der Waals surface area contributed by atoms with E-state index in [1.807, 2.05) is 13.1 Å². The minimum absolute atomic E-state index is 0.659. The second kappa shape index (κ2) is 9.72. The molecule has 1 saturated heterocycles. The number of rotatable bonds is 7. The lowest BCUT2D eigenvalue weighted by Crippen LogP contribution is -2.41. The maximum atomic E-state index is 4.40. The summed E-state index contributed by atoms with van der Waals surface area (Å²) < 4.78 is 1.13. The number of halogens is 1. The SMILES string of the molecule is C=CCCCN(C)C(=NC)NCC1CCN(c2ccc(Br)cc2)C1. The zero-order chi connectivity index (χ0) is 17.4. The lowest BCUT2D eigenvalue weighted by Gasteiger charge is -2.23. The van der Waals surface area contributed by atoms with Gasteiger partial charge in [-0.2, -0.15) is 0 Å². The summed E-state index contributed by atoms with van der Waals surface area (Å²) in [6.45, 7) is 7.99. The van der Waals surface area contributed by atoms with Crippen LogP contribution in [-0.2, 0) is 0 Å². The molecule has 0 amide bonds. The fraction of sp³-hybridized carbons (Fsp3) is 0.526. The molecule has 0 bridgehead atoms. The van der Waals surface area contributed by atoms with Gasteiger partial charge in [-0.15, -0.1) is 6.58 Å². The zero-order valence-electron chi connectivity index (χ0n) is 14.8. The second-order valence-electron chi connectivity index (χ2n) is 6.36. The van der Waals surface area contributed by atoms with Crippen molar-refractivity contribution < 1.29 is 0 Å². The lowest BCUT2D eigenvalue weighted by atomic mass is 10.1. The number of aliphatic imine (C=N–C) groups is 1. The summed E-state index contributed by atoms with van der Waals surface area (Å²) in [7, 11) is 3.95. The first-order valence-electron chi connectivity index (χ1n) is 8.67. The van der Waals surface area contributed by atoms with E-state index in [0.29, 0.717) is 5.92 Å². The summed E-state index contributed by atoms with van der Waals surface area (Å²) in [5.74, 6) is 1.65. The van der Waals surface area contributed by atoms with Crippen LogP contribution >= 0.6 is 15.9 Å². The third-order valence-corrected chi connectivity index (χ3v) is 5.03. The molecule has 0 aliphatic carbocycles. The van der Waals surface area contributed by atoms with E-state index >= 15 is 0 Å². The predicted molar refractivity (Wildman–Crippen MR) is 108 cm³/mol. The molecule has 1 aromatic carbocycles. The van der Waals surface area contributed by atoms with Gasteiger partial charge in [0.1, 0.15) is 0 Å². The summed E-state index contributed by atoms with van der Waals surface area (Å²) in [6, 6.07) is 8.60. The van der Waals surface area contributed by atoms with Crippen molar-refractivity contribution in [2.24, 2.45) is 10.9 Å². The Balaban J connectivity index is 1.77. The van der Waals surface area contributed by atoms with Crippen LogP contribution in [0, 0.1) is 5.92 Å². The van der Waals surface area contributed by atoms with Gasteiger partial charge < -0.3 is 15.1 Å². The minimum Gasteiger partial charge on any atom is -0.371 e. The van der Waals surface area contributed by atoms with Gasteiger partial charge >= 0.3 is 0 Å². The van der Waals surface area contributed by atoms with Crippen LogP contribution in [0.15, 0.2) is 46.4 Å². The molecule has 0 aromatic heterocycles. The van der Waals surface area contributed by atoms with Gasteiger partial charge in [-0.3, -0.25) is 4.99 Å². The van der Waals surface area contributed by atoms with Crippen LogP contribution in [0.3, 0.4) is 0 Å². The van der Waals surface area contributed by atoms with Gasteiger partial charge in [0.15, 0.2) is 5.96 Å². The van der Waals surface area contributed by atoms with Crippen LogP contribution in [0.5, 0.6) is 0 Å². The van der Waals surface area contributed by atoms with Gasteiger partial charge in [0.2, 0.25) is 0 Å². The molecule has 132 valence electrons. The first-order valence-corrected chi connectivity index (χ1v) is 9.46. The van der Waals surface area contributed by atoms with Crippen LogP contribution in [0.2, 0.25) is 0 Å². The third-order valence-electron chi connectivity index (χ3n) is 4.50. The number of nitrogens with one attached hydrogen (secondary N) is 1. The van der Waals surface area contributed by atoms with Crippen LogP contribution in [0.4, 0.5) is 5.69 Å². The maximum absolute atomic E-state index is 4.40. The van der Waals surface area contributed by atoms with E-state index in [1.54, 1.807) is 0 Å². The Hall–Kier alpha value is -1.49. The van der Waals surface area contributed by atoms with Gasteiger partial charge in [0, 0.05) is 50.4 Å². The van der Waals surface area contributed by atoms with Crippen molar-refractivity contribution in [2.75, 3.05) is 45.2 Å². The molecule has 1 heterocycles. The third kappa shape index (κ3) is 5.55. The molecule has 1 aliphatic heterocycles. The number of hydrogen-bond acceptors (Lipinski definition) is 2. The van der Waals surface area contributed by atoms with Crippen LogP contribution in [0.1, 0.15) is 19.3 Å². The Labute approximate surface area is 154 Å². The highest BCUT2D eigenvalue weighted by Crippen LogP contribution is 2.24. The zero-order valence-corrected chi connectivity index (χ0v) is 16.4. The van der Waals surface area contributed by atoms with Crippen molar-refractivity contribution in [3.8, 4) is 0 Å². The van der Waals surface area contributed by atoms with E-state index in [0.717, 1.165) is 49.5 Å². The molecule has 24 heavy (non-hydrogen) atoms. The van der Waals surface area contributed by atoms with E-state index < -0.39 is 0 Å². The van der Waals surface area contributed by atoms with E-state index in [4.69, 9.17) is 0 Å². The van der Waals surface area contributed by atoms with Gasteiger partial charge in [-0.25, -0.2) is 0 Å². The van der Waals surface area contributed by atoms with Crippen molar-refractivity contribution in [3.05, 3.63) is 41.4 Å². The molecule has 1 fully saturated rings. The summed E-state index contributed by atoms with van der Waals surface area (Å²) >= 11 is 3.50. The van der Waals surface area contributed by atoms with Crippen LogP contribution in [-0.4, -0.2) is 51.1 Å². The Bertz CT molecular complexity index is 541. The first-order chi connectivity index (χ1) is 11.6. The van der Waals surface area contributed by atoms with Crippen LogP contribution in [0.25, 0.3) is 0 Å². The monoisotopic (exact) mass is 392 g/mol. The Morgan fingerprint density at radius 1 is 1.46 bits per heavy atom. The average molecular weight is 393 g/mol. The molecule has 0 spiro atoms. The highest BCUT2D eigenvalue weighted by molar-refractivity contribution is 9.10. The maximum Gasteiger partial charge on any atom is 0.193 e. The highest BCUT2D eigenvalue weighted by Gasteiger charge is 2.23. The Kier molecular flexibility index (Phi) is 7.63. The van der Waals surface area contributed by atoms with E-state index in [9.17, 15) is 0 Å². The number of anilines is 1. The summed E-state index contributed by atoms with van der Waals surface area (Å²) in [5.41, 5.74) is 1.31. The number of unbranched alkanes of at least 4 members (excludes halogenated alkanes) is 1. The van der Waals surface area contributed by atoms with Crippen molar-refractivity contribution in [1.29, 1.82) is 0 Å². The molecule has 0 saturated carbocycles. The largest absolute Gasteiger partial charge is 0.371 e. The van der Waals surface area contributed by atoms with Crippen molar-refractivity contribution in [1.82, 2.24) is 10.2 Å². The van der Waals surface area contributed by atoms with Crippen molar-refractivity contribution in [3.63, 3.8) is 0 Å². The normalized spacial score (nSPS) is 17.9. The summed E-state index contributed by atoms with van der Waals surface area (Å²) in [6.07, 6.45) is 5.35. The molecule has 1 aliphatic rings. The Morgan fingerprint density at radius 2 is 2.21 bits per heavy atom. The molecule has 2 rings (SSSR count). The number of benzene rings is 1. The topological polar surface area (TPSA) is 30.9 Å².